The van der Waals surface area contributed by atoms with Crippen LogP contribution in [0.2, 0.25) is 0 Å². The van der Waals surface area contributed by atoms with Crippen molar-refractivity contribution in [3.63, 3.8) is 0 Å². The molecule has 0 amide bonds. The van der Waals surface area contributed by atoms with Crippen LogP contribution < -0.4 is 5.32 Å². The van der Waals surface area contributed by atoms with Crippen LogP contribution >= 0.6 is 0 Å². The summed E-state index contributed by atoms with van der Waals surface area (Å²) in [6.07, 6.45) is 3.77. The zero-order valence-electron chi connectivity index (χ0n) is 13.6. The van der Waals surface area contributed by atoms with Gasteiger partial charge in [-0.1, -0.05) is 19.1 Å². The van der Waals surface area contributed by atoms with E-state index in [9.17, 15) is 0 Å². The first-order chi connectivity index (χ1) is 10.3. The molecule has 0 aromatic heterocycles. The molecule has 3 nitrogen and oxygen atoms in total. The number of benzene rings is 1. The van der Waals surface area contributed by atoms with Crippen LogP contribution in [0.15, 0.2) is 18.2 Å². The normalized spacial score (nSPS) is 21.6. The average Bonchev–Trinajstić information content (AvgIpc) is 2.55. The SMILES string of the molecule is CCC(C)N1CCN(Cc2cccc3c2CCCN3)CC1. The van der Waals surface area contributed by atoms with Gasteiger partial charge in [0.2, 0.25) is 0 Å². The van der Waals surface area contributed by atoms with Gasteiger partial charge < -0.3 is 5.32 Å². The van der Waals surface area contributed by atoms with Crippen LogP contribution in [-0.2, 0) is 13.0 Å². The Hall–Kier alpha value is -1.06. The van der Waals surface area contributed by atoms with Crippen LogP contribution in [0.25, 0.3) is 0 Å². The molecule has 0 spiro atoms. The number of fused-ring (bicyclic) bond motifs is 1. The minimum atomic E-state index is 0.737. The summed E-state index contributed by atoms with van der Waals surface area (Å²) in [5.74, 6) is 0. The fourth-order valence-corrected chi connectivity index (χ4v) is 3.59. The topological polar surface area (TPSA) is 18.5 Å². The Morgan fingerprint density at radius 2 is 2.00 bits per heavy atom. The van der Waals surface area contributed by atoms with Gasteiger partial charge in [-0.3, -0.25) is 9.80 Å². The largest absolute Gasteiger partial charge is 0.385 e. The van der Waals surface area contributed by atoms with E-state index in [0.717, 1.165) is 19.1 Å². The van der Waals surface area contributed by atoms with Crippen molar-refractivity contribution in [3.05, 3.63) is 29.3 Å². The maximum Gasteiger partial charge on any atom is 0.0375 e. The zero-order valence-corrected chi connectivity index (χ0v) is 13.6. The first-order valence-corrected chi connectivity index (χ1v) is 8.59. The second-order valence-corrected chi connectivity index (χ2v) is 6.54. The summed E-state index contributed by atoms with van der Waals surface area (Å²) < 4.78 is 0. The summed E-state index contributed by atoms with van der Waals surface area (Å²) in [6.45, 7) is 11.8. The summed E-state index contributed by atoms with van der Waals surface area (Å²) in [5, 5.41) is 3.54. The second-order valence-electron chi connectivity index (χ2n) is 6.54. The molecular formula is C18H29N3. The Morgan fingerprint density at radius 3 is 2.76 bits per heavy atom. The molecule has 0 aliphatic carbocycles. The van der Waals surface area contributed by atoms with Crippen LogP contribution in [0.1, 0.15) is 37.8 Å². The lowest BCUT2D eigenvalue weighted by molar-refractivity contribution is 0.0962. The fourth-order valence-electron chi connectivity index (χ4n) is 3.59. The van der Waals surface area contributed by atoms with Crippen molar-refractivity contribution in [2.75, 3.05) is 38.0 Å². The number of anilines is 1. The quantitative estimate of drug-likeness (QED) is 0.918. The van der Waals surface area contributed by atoms with Gasteiger partial charge in [-0.2, -0.15) is 0 Å². The molecule has 1 saturated heterocycles. The summed E-state index contributed by atoms with van der Waals surface area (Å²) >= 11 is 0. The standard InChI is InChI=1S/C18H29N3/c1-3-15(2)21-12-10-20(11-13-21)14-16-6-4-8-18-17(16)7-5-9-19-18/h4,6,8,15,19H,3,5,7,9-14H2,1-2H3. The van der Waals surface area contributed by atoms with E-state index < -0.39 is 0 Å². The lowest BCUT2D eigenvalue weighted by Gasteiger charge is -2.38. The molecule has 1 aromatic carbocycles. The Kier molecular flexibility index (Phi) is 4.81. The number of nitrogens with one attached hydrogen (secondary N) is 1. The first kappa shape index (κ1) is 14.9. The zero-order chi connectivity index (χ0) is 14.7. The maximum atomic E-state index is 3.54. The number of hydrogen-bond donors (Lipinski definition) is 1. The molecular weight excluding hydrogens is 258 g/mol. The van der Waals surface area contributed by atoms with E-state index in [1.165, 1.54) is 56.7 Å². The second kappa shape index (κ2) is 6.80. The van der Waals surface area contributed by atoms with Gasteiger partial charge in [-0.05, 0) is 43.4 Å². The summed E-state index contributed by atoms with van der Waals surface area (Å²) in [4.78, 5) is 5.27. The Morgan fingerprint density at radius 1 is 1.19 bits per heavy atom. The molecule has 3 rings (SSSR count). The molecule has 1 N–H and O–H groups in total. The van der Waals surface area contributed by atoms with Crippen LogP contribution in [0.3, 0.4) is 0 Å². The van der Waals surface area contributed by atoms with Gasteiger partial charge in [-0.15, -0.1) is 0 Å². The molecule has 1 atom stereocenters. The van der Waals surface area contributed by atoms with Gasteiger partial charge in [0, 0.05) is 51.0 Å². The smallest absolute Gasteiger partial charge is 0.0375 e. The van der Waals surface area contributed by atoms with Crippen molar-refractivity contribution >= 4 is 5.69 Å². The van der Waals surface area contributed by atoms with Crippen LogP contribution in [0, 0.1) is 0 Å². The predicted molar refractivity (Wildman–Crippen MR) is 89.9 cm³/mol. The number of piperazine rings is 1. The Bertz CT molecular complexity index is 464. The molecule has 1 unspecified atom stereocenters. The van der Waals surface area contributed by atoms with E-state index in [0.29, 0.717) is 0 Å². The molecule has 1 fully saturated rings. The van der Waals surface area contributed by atoms with Crippen LogP contribution in [0.4, 0.5) is 5.69 Å². The lowest BCUT2D eigenvalue weighted by Crippen LogP contribution is -2.49. The monoisotopic (exact) mass is 287 g/mol. The summed E-state index contributed by atoms with van der Waals surface area (Å²) in [6, 6.07) is 7.51. The predicted octanol–water partition coefficient (Wildman–Crippen LogP) is 2.96. The highest BCUT2D eigenvalue weighted by Gasteiger charge is 2.21. The van der Waals surface area contributed by atoms with E-state index >= 15 is 0 Å². The van der Waals surface area contributed by atoms with Gasteiger partial charge in [0.25, 0.3) is 0 Å². The van der Waals surface area contributed by atoms with Crippen molar-refractivity contribution in [2.24, 2.45) is 0 Å². The lowest BCUT2D eigenvalue weighted by atomic mass is 9.97. The third kappa shape index (κ3) is 3.41. The van der Waals surface area contributed by atoms with Crippen LogP contribution in [-0.4, -0.2) is 48.6 Å². The molecule has 2 aliphatic heterocycles. The van der Waals surface area contributed by atoms with E-state index in [1.807, 2.05) is 0 Å². The third-order valence-electron chi connectivity index (χ3n) is 5.21. The van der Waals surface area contributed by atoms with E-state index in [-0.39, 0.29) is 0 Å². The fraction of sp³-hybridized carbons (Fsp3) is 0.667. The molecule has 2 heterocycles. The van der Waals surface area contributed by atoms with Crippen molar-refractivity contribution < 1.29 is 0 Å². The highest BCUT2D eigenvalue weighted by molar-refractivity contribution is 5.56. The van der Waals surface area contributed by atoms with E-state index in [4.69, 9.17) is 0 Å². The van der Waals surface area contributed by atoms with Gasteiger partial charge in [0.15, 0.2) is 0 Å². The minimum Gasteiger partial charge on any atom is -0.385 e. The summed E-state index contributed by atoms with van der Waals surface area (Å²) in [7, 11) is 0. The van der Waals surface area contributed by atoms with Crippen molar-refractivity contribution in [3.8, 4) is 0 Å². The molecule has 0 radical (unpaired) electrons. The van der Waals surface area contributed by atoms with E-state index in [2.05, 4.69) is 47.2 Å². The Balaban J connectivity index is 1.61. The molecule has 3 heteroatoms. The number of hydrogen-bond acceptors (Lipinski definition) is 3. The molecule has 0 saturated carbocycles. The third-order valence-corrected chi connectivity index (χ3v) is 5.21. The summed E-state index contributed by atoms with van der Waals surface area (Å²) in [5.41, 5.74) is 4.47. The van der Waals surface area contributed by atoms with Crippen molar-refractivity contribution in [1.82, 2.24) is 9.80 Å². The molecule has 116 valence electrons. The van der Waals surface area contributed by atoms with Gasteiger partial charge in [0.05, 0.1) is 0 Å². The maximum absolute atomic E-state index is 3.54. The van der Waals surface area contributed by atoms with Crippen molar-refractivity contribution in [2.45, 2.75) is 45.7 Å². The van der Waals surface area contributed by atoms with E-state index in [1.54, 1.807) is 5.56 Å². The van der Waals surface area contributed by atoms with Gasteiger partial charge in [0.1, 0.15) is 0 Å². The molecule has 1 aromatic rings. The highest BCUT2D eigenvalue weighted by atomic mass is 15.3. The minimum absolute atomic E-state index is 0.737. The highest BCUT2D eigenvalue weighted by Crippen LogP contribution is 2.26. The number of rotatable bonds is 4. The first-order valence-electron chi connectivity index (χ1n) is 8.59. The molecule has 2 aliphatic rings. The van der Waals surface area contributed by atoms with Gasteiger partial charge in [-0.25, -0.2) is 0 Å². The average molecular weight is 287 g/mol. The van der Waals surface area contributed by atoms with Crippen molar-refractivity contribution in [1.29, 1.82) is 0 Å². The Labute approximate surface area is 129 Å². The molecule has 0 bridgehead atoms. The van der Waals surface area contributed by atoms with Gasteiger partial charge >= 0.3 is 0 Å². The molecule has 21 heavy (non-hydrogen) atoms. The van der Waals surface area contributed by atoms with Crippen LogP contribution in [0.5, 0.6) is 0 Å². The number of nitrogens with zero attached hydrogens (tertiary/aromatic N) is 2.